The molecular weight excluding hydrogens is 260 g/mol. The Morgan fingerprint density at radius 3 is 2.90 bits per heavy atom. The fourth-order valence-corrected chi connectivity index (χ4v) is 2.05. The third-order valence-corrected chi connectivity index (χ3v) is 3.02. The van der Waals surface area contributed by atoms with Gasteiger partial charge in [0.05, 0.1) is 6.54 Å². The highest BCUT2D eigenvalue weighted by molar-refractivity contribution is 6.04. The minimum atomic E-state index is -0.180. The summed E-state index contributed by atoms with van der Waals surface area (Å²) in [7, 11) is 0. The highest BCUT2D eigenvalue weighted by Gasteiger charge is 2.24. The van der Waals surface area contributed by atoms with Crippen LogP contribution < -0.4 is 16.0 Å². The predicted molar refractivity (Wildman–Crippen MR) is 71.7 cm³/mol. The third kappa shape index (κ3) is 2.20. The molecule has 2 aromatic rings. The number of hydrogen-bond acceptors (Lipinski definition) is 5. The summed E-state index contributed by atoms with van der Waals surface area (Å²) in [6, 6.07) is 8.76. The number of nitrogens with two attached hydrogens (primary N) is 1. The van der Waals surface area contributed by atoms with E-state index in [1.54, 1.807) is 24.3 Å². The van der Waals surface area contributed by atoms with Crippen molar-refractivity contribution in [2.45, 2.75) is 0 Å². The van der Waals surface area contributed by atoms with Crippen LogP contribution in [-0.4, -0.2) is 30.1 Å². The Kier molecular flexibility index (Phi) is 2.86. The summed E-state index contributed by atoms with van der Waals surface area (Å²) in [5, 5.41) is 6.33. The molecule has 1 aromatic heterocycles. The van der Waals surface area contributed by atoms with Crippen LogP contribution in [0.1, 0.15) is 0 Å². The number of rotatable bonds is 2. The zero-order valence-corrected chi connectivity index (χ0v) is 10.5. The van der Waals surface area contributed by atoms with Gasteiger partial charge in [0.2, 0.25) is 17.7 Å². The Balaban J connectivity index is 1.94. The summed E-state index contributed by atoms with van der Waals surface area (Å²) in [6.07, 6.45) is 0. The van der Waals surface area contributed by atoms with Gasteiger partial charge in [0.15, 0.2) is 0 Å². The van der Waals surface area contributed by atoms with E-state index in [0.29, 0.717) is 11.4 Å². The van der Waals surface area contributed by atoms with Crippen molar-refractivity contribution < 1.29 is 14.1 Å². The van der Waals surface area contributed by atoms with Crippen LogP contribution >= 0.6 is 0 Å². The number of carbonyl (C=O) groups is 2. The van der Waals surface area contributed by atoms with Crippen LogP contribution in [0.15, 0.2) is 34.9 Å². The van der Waals surface area contributed by atoms with Gasteiger partial charge in [-0.1, -0.05) is 17.3 Å². The zero-order valence-electron chi connectivity index (χ0n) is 10.5. The van der Waals surface area contributed by atoms with Gasteiger partial charge in [-0.05, 0) is 12.1 Å². The molecule has 7 heteroatoms. The average Bonchev–Trinajstić information content (AvgIpc) is 2.88. The van der Waals surface area contributed by atoms with Crippen molar-refractivity contribution in [3.05, 3.63) is 30.3 Å². The van der Waals surface area contributed by atoms with Crippen LogP contribution in [0.4, 0.5) is 11.6 Å². The van der Waals surface area contributed by atoms with Gasteiger partial charge < -0.3 is 20.5 Å². The number of benzene rings is 1. The summed E-state index contributed by atoms with van der Waals surface area (Å²) in [5.41, 5.74) is 7.48. The molecule has 0 radical (unpaired) electrons. The molecule has 2 amide bonds. The maximum absolute atomic E-state index is 11.8. The largest absolute Gasteiger partial charge is 0.368 e. The topological polar surface area (TPSA) is 101 Å². The second kappa shape index (κ2) is 4.69. The Hall–Kier alpha value is -2.83. The molecule has 0 bridgehead atoms. The highest BCUT2D eigenvalue weighted by atomic mass is 16.5. The lowest BCUT2D eigenvalue weighted by molar-refractivity contribution is -0.128. The van der Waals surface area contributed by atoms with Crippen LogP contribution in [-0.2, 0) is 9.59 Å². The lowest BCUT2D eigenvalue weighted by atomic mass is 10.1. The Bertz CT molecular complexity index is 680. The Morgan fingerprint density at radius 2 is 2.15 bits per heavy atom. The molecule has 1 aliphatic heterocycles. The number of nitrogens with zero attached hydrogens (tertiary/aromatic N) is 2. The van der Waals surface area contributed by atoms with E-state index in [0.717, 1.165) is 5.56 Å². The Morgan fingerprint density at radius 1 is 1.30 bits per heavy atom. The van der Waals surface area contributed by atoms with Gasteiger partial charge in [-0.3, -0.25) is 9.59 Å². The van der Waals surface area contributed by atoms with Crippen molar-refractivity contribution in [2.24, 2.45) is 0 Å². The highest BCUT2D eigenvalue weighted by Crippen LogP contribution is 2.25. The van der Waals surface area contributed by atoms with Gasteiger partial charge in [-0.15, -0.1) is 0 Å². The van der Waals surface area contributed by atoms with Crippen LogP contribution in [0.25, 0.3) is 11.3 Å². The van der Waals surface area contributed by atoms with Gasteiger partial charge in [-0.25, -0.2) is 0 Å². The maximum Gasteiger partial charge on any atom is 0.246 e. The number of carbonyl (C=O) groups excluding carboxylic acids is 2. The summed E-state index contributed by atoms with van der Waals surface area (Å²) in [6.45, 7) is 0.0310. The first kappa shape index (κ1) is 12.2. The maximum atomic E-state index is 11.8. The van der Waals surface area contributed by atoms with E-state index in [1.807, 2.05) is 6.07 Å². The summed E-state index contributed by atoms with van der Waals surface area (Å²) in [5.74, 6) is -0.110. The molecule has 102 valence electrons. The first-order chi connectivity index (χ1) is 9.63. The van der Waals surface area contributed by atoms with Crippen LogP contribution in [0, 0.1) is 0 Å². The first-order valence-corrected chi connectivity index (χ1v) is 6.03. The quantitative estimate of drug-likeness (QED) is 0.823. The van der Waals surface area contributed by atoms with Crippen LogP contribution in [0.2, 0.25) is 0 Å². The summed E-state index contributed by atoms with van der Waals surface area (Å²) >= 11 is 0. The molecule has 1 aliphatic rings. The van der Waals surface area contributed by atoms with Crippen molar-refractivity contribution >= 4 is 23.4 Å². The number of anilines is 2. The van der Waals surface area contributed by atoms with E-state index in [-0.39, 0.29) is 30.8 Å². The minimum Gasteiger partial charge on any atom is -0.368 e. The second-order valence-electron chi connectivity index (χ2n) is 4.42. The molecule has 7 nitrogen and oxygen atoms in total. The fourth-order valence-electron chi connectivity index (χ4n) is 2.05. The molecule has 20 heavy (non-hydrogen) atoms. The smallest absolute Gasteiger partial charge is 0.246 e. The number of piperazine rings is 1. The molecule has 0 saturated carbocycles. The molecule has 0 atom stereocenters. The fraction of sp³-hybridized carbons (Fsp3) is 0.154. The van der Waals surface area contributed by atoms with Gasteiger partial charge in [0.1, 0.15) is 12.2 Å². The lowest BCUT2D eigenvalue weighted by Gasteiger charge is -2.26. The molecular formula is C13H12N4O3. The van der Waals surface area contributed by atoms with Crippen LogP contribution in [0.5, 0.6) is 0 Å². The predicted octanol–water partition coefficient (Wildman–Crippen LogP) is 0.387. The molecule has 1 fully saturated rings. The number of amides is 2. The standard InChI is InChI=1S/C13H12N4O3/c14-11-5-10(16-20-11)8-2-1-3-9(4-8)17-7-12(18)15-6-13(17)19/h1-5H,6-7,14H2,(H,15,18). The molecule has 3 N–H and O–H groups in total. The van der Waals surface area contributed by atoms with Crippen molar-refractivity contribution in [2.75, 3.05) is 23.7 Å². The number of hydrogen-bond donors (Lipinski definition) is 2. The van der Waals surface area contributed by atoms with E-state index in [9.17, 15) is 9.59 Å². The molecule has 0 aliphatic carbocycles. The molecule has 0 spiro atoms. The van der Waals surface area contributed by atoms with E-state index in [1.165, 1.54) is 4.90 Å². The summed E-state index contributed by atoms with van der Waals surface area (Å²) < 4.78 is 4.83. The average molecular weight is 272 g/mol. The van der Waals surface area contributed by atoms with Crippen molar-refractivity contribution in [3.63, 3.8) is 0 Å². The molecule has 1 saturated heterocycles. The van der Waals surface area contributed by atoms with Crippen LogP contribution in [0.3, 0.4) is 0 Å². The van der Waals surface area contributed by atoms with Crippen molar-refractivity contribution in [1.82, 2.24) is 10.5 Å². The van der Waals surface area contributed by atoms with E-state index < -0.39 is 0 Å². The van der Waals surface area contributed by atoms with E-state index >= 15 is 0 Å². The number of aromatic nitrogens is 1. The number of nitrogen functional groups attached to an aromatic ring is 1. The van der Waals surface area contributed by atoms with Gasteiger partial charge in [-0.2, -0.15) is 0 Å². The van der Waals surface area contributed by atoms with Crippen molar-refractivity contribution in [3.8, 4) is 11.3 Å². The van der Waals surface area contributed by atoms with E-state index in [2.05, 4.69) is 10.5 Å². The minimum absolute atomic E-state index is 0.0139. The molecule has 1 aromatic carbocycles. The summed E-state index contributed by atoms with van der Waals surface area (Å²) in [4.78, 5) is 24.7. The van der Waals surface area contributed by atoms with Gasteiger partial charge >= 0.3 is 0 Å². The second-order valence-corrected chi connectivity index (χ2v) is 4.42. The molecule has 0 unspecified atom stereocenters. The molecule has 2 heterocycles. The first-order valence-electron chi connectivity index (χ1n) is 6.03. The normalized spacial score (nSPS) is 15.3. The zero-order chi connectivity index (χ0) is 14.1. The van der Waals surface area contributed by atoms with Gasteiger partial charge in [0.25, 0.3) is 0 Å². The van der Waals surface area contributed by atoms with Gasteiger partial charge in [0, 0.05) is 17.3 Å². The van der Waals surface area contributed by atoms with Crippen molar-refractivity contribution in [1.29, 1.82) is 0 Å². The molecule has 3 rings (SSSR count). The Labute approximate surface area is 114 Å². The monoisotopic (exact) mass is 272 g/mol. The van der Waals surface area contributed by atoms with E-state index in [4.69, 9.17) is 10.3 Å². The SMILES string of the molecule is Nc1cc(-c2cccc(N3CC(=O)NCC3=O)c2)no1. The third-order valence-electron chi connectivity index (χ3n) is 3.02. The lowest BCUT2D eigenvalue weighted by Crippen LogP contribution is -2.51. The number of nitrogens with one attached hydrogen (secondary N) is 1.